The van der Waals surface area contributed by atoms with Gasteiger partial charge in [-0.2, -0.15) is 0 Å². The quantitative estimate of drug-likeness (QED) is 0.670. The molecule has 1 aromatic heterocycles. The third-order valence-corrected chi connectivity index (χ3v) is 3.91. The summed E-state index contributed by atoms with van der Waals surface area (Å²) in [7, 11) is 0. The highest BCUT2D eigenvalue weighted by atomic mass is 79.9. The van der Waals surface area contributed by atoms with Gasteiger partial charge in [0.05, 0.1) is 9.72 Å². The van der Waals surface area contributed by atoms with Crippen molar-refractivity contribution >= 4 is 49.0 Å². The molecule has 0 nitrogen and oxygen atoms in total. The van der Waals surface area contributed by atoms with Crippen molar-refractivity contribution in [2.45, 2.75) is 5.33 Å². The van der Waals surface area contributed by atoms with Gasteiger partial charge in [0, 0.05) is 10.7 Å². The van der Waals surface area contributed by atoms with E-state index in [0.29, 0.717) is 5.02 Å². The molecule has 0 radical (unpaired) electrons. The molecule has 4 heteroatoms. The van der Waals surface area contributed by atoms with Crippen molar-refractivity contribution < 1.29 is 4.39 Å². The van der Waals surface area contributed by atoms with Crippen molar-refractivity contribution in [3.05, 3.63) is 33.9 Å². The normalized spacial score (nSPS) is 11.0. The van der Waals surface area contributed by atoms with Crippen LogP contribution in [0.25, 0.3) is 10.1 Å². The van der Waals surface area contributed by atoms with E-state index in [-0.39, 0.29) is 5.82 Å². The van der Waals surface area contributed by atoms with E-state index >= 15 is 0 Å². The van der Waals surface area contributed by atoms with E-state index in [9.17, 15) is 4.39 Å². The van der Waals surface area contributed by atoms with E-state index in [1.165, 1.54) is 12.1 Å². The van der Waals surface area contributed by atoms with Crippen LogP contribution >= 0.6 is 38.9 Å². The van der Waals surface area contributed by atoms with Crippen molar-refractivity contribution in [3.8, 4) is 0 Å². The lowest BCUT2D eigenvalue weighted by Gasteiger charge is -1.96. The molecule has 13 heavy (non-hydrogen) atoms. The zero-order valence-corrected chi connectivity index (χ0v) is 9.64. The van der Waals surface area contributed by atoms with E-state index in [4.69, 9.17) is 11.6 Å². The molecular weight excluding hydrogens is 275 g/mol. The zero-order valence-electron chi connectivity index (χ0n) is 6.48. The summed E-state index contributed by atoms with van der Waals surface area (Å²) in [5.41, 5.74) is 1.08. The van der Waals surface area contributed by atoms with Crippen LogP contribution in [0.3, 0.4) is 0 Å². The highest BCUT2D eigenvalue weighted by molar-refractivity contribution is 9.08. The van der Waals surface area contributed by atoms with E-state index in [1.54, 1.807) is 11.3 Å². The smallest absolute Gasteiger partial charge is 0.125 e. The zero-order chi connectivity index (χ0) is 9.42. The van der Waals surface area contributed by atoms with Crippen molar-refractivity contribution in [2.24, 2.45) is 0 Å². The number of benzene rings is 1. The van der Waals surface area contributed by atoms with Crippen LogP contribution in [0.5, 0.6) is 0 Å². The monoisotopic (exact) mass is 278 g/mol. The molecule has 0 aliphatic rings. The predicted molar refractivity (Wildman–Crippen MR) is 59.4 cm³/mol. The fourth-order valence-corrected chi connectivity index (χ4v) is 3.19. The summed E-state index contributed by atoms with van der Waals surface area (Å²) in [5, 5.41) is 4.12. The Hall–Kier alpha value is -0.120. The molecule has 0 amide bonds. The summed E-state index contributed by atoms with van der Waals surface area (Å²) in [6.07, 6.45) is 0. The van der Waals surface area contributed by atoms with E-state index in [1.807, 2.05) is 5.38 Å². The van der Waals surface area contributed by atoms with Gasteiger partial charge in [0.2, 0.25) is 0 Å². The summed E-state index contributed by atoms with van der Waals surface area (Å²) in [5.74, 6) is -0.280. The number of thiophene rings is 1. The molecule has 0 atom stereocenters. The lowest BCUT2D eigenvalue weighted by atomic mass is 10.2. The van der Waals surface area contributed by atoms with Crippen molar-refractivity contribution in [1.82, 2.24) is 0 Å². The molecule has 1 aromatic carbocycles. The van der Waals surface area contributed by atoms with E-state index in [0.717, 1.165) is 21.0 Å². The lowest BCUT2D eigenvalue weighted by Crippen LogP contribution is -1.77. The van der Waals surface area contributed by atoms with Crippen LogP contribution in [-0.4, -0.2) is 0 Å². The summed E-state index contributed by atoms with van der Waals surface area (Å²) in [6.45, 7) is 0. The number of halogens is 3. The second-order valence-electron chi connectivity index (χ2n) is 2.66. The van der Waals surface area contributed by atoms with Gasteiger partial charge in [-0.3, -0.25) is 0 Å². The fourth-order valence-electron chi connectivity index (χ4n) is 1.22. The number of hydrogen-bond acceptors (Lipinski definition) is 1. The highest BCUT2D eigenvalue weighted by Gasteiger charge is 2.07. The van der Waals surface area contributed by atoms with Crippen molar-refractivity contribution in [3.63, 3.8) is 0 Å². The van der Waals surface area contributed by atoms with Crippen molar-refractivity contribution in [1.29, 1.82) is 0 Å². The largest absolute Gasteiger partial charge is 0.207 e. The van der Waals surface area contributed by atoms with Crippen LogP contribution in [0, 0.1) is 5.82 Å². The summed E-state index contributed by atoms with van der Waals surface area (Å²) < 4.78 is 14.0. The maximum absolute atomic E-state index is 13.0. The summed E-state index contributed by atoms with van der Waals surface area (Å²) in [6, 6.07) is 2.87. The van der Waals surface area contributed by atoms with Gasteiger partial charge in [0.15, 0.2) is 0 Å². The standard InChI is InChI=1S/C9H5BrClFS/c10-3-5-4-13-9-7(5)1-6(12)2-8(9)11/h1-2,4H,3H2. The minimum absolute atomic E-state index is 0.280. The highest BCUT2D eigenvalue weighted by Crippen LogP contribution is 2.33. The first-order valence-corrected chi connectivity index (χ1v) is 6.01. The second-order valence-corrected chi connectivity index (χ2v) is 4.51. The first kappa shape index (κ1) is 9.44. The maximum atomic E-state index is 13.0. The summed E-state index contributed by atoms with van der Waals surface area (Å²) >= 11 is 10.8. The van der Waals surface area contributed by atoms with Gasteiger partial charge in [-0.05, 0) is 23.1 Å². The second kappa shape index (κ2) is 3.56. The molecule has 2 rings (SSSR count). The molecule has 0 N–H and O–H groups in total. The van der Waals surface area contributed by atoms with Crippen LogP contribution in [0.15, 0.2) is 17.5 Å². The van der Waals surface area contributed by atoms with Gasteiger partial charge >= 0.3 is 0 Å². The average molecular weight is 280 g/mol. The lowest BCUT2D eigenvalue weighted by molar-refractivity contribution is 0.630. The van der Waals surface area contributed by atoms with Crippen LogP contribution in [0.1, 0.15) is 5.56 Å². The molecule has 68 valence electrons. The molecule has 1 heterocycles. The van der Waals surface area contributed by atoms with Crippen molar-refractivity contribution in [2.75, 3.05) is 0 Å². The predicted octanol–water partition coefficient (Wildman–Crippen LogP) is 4.59. The molecule has 0 aliphatic carbocycles. The van der Waals surface area contributed by atoms with Gasteiger partial charge in [0.1, 0.15) is 5.82 Å². The SMILES string of the molecule is Fc1cc(Cl)c2scc(CBr)c2c1. The third kappa shape index (κ3) is 1.60. The molecule has 0 aliphatic heterocycles. The molecule has 0 fully saturated rings. The number of alkyl halides is 1. The Morgan fingerprint density at radius 2 is 2.23 bits per heavy atom. The average Bonchev–Trinajstić information content (AvgIpc) is 2.47. The molecule has 0 unspecified atom stereocenters. The first-order chi connectivity index (χ1) is 6.22. The molecule has 2 aromatic rings. The Morgan fingerprint density at radius 3 is 2.92 bits per heavy atom. The maximum Gasteiger partial charge on any atom is 0.125 e. The Balaban J connectivity index is 2.82. The molecule has 0 saturated carbocycles. The van der Waals surface area contributed by atoms with E-state index < -0.39 is 0 Å². The minimum atomic E-state index is -0.280. The molecular formula is C9H5BrClFS. The minimum Gasteiger partial charge on any atom is -0.207 e. The van der Waals surface area contributed by atoms with Crippen LogP contribution in [0.4, 0.5) is 4.39 Å². The Bertz CT molecular complexity index is 452. The van der Waals surface area contributed by atoms with E-state index in [2.05, 4.69) is 15.9 Å². The Morgan fingerprint density at radius 1 is 1.46 bits per heavy atom. The van der Waals surface area contributed by atoms with Crippen LogP contribution < -0.4 is 0 Å². The first-order valence-electron chi connectivity index (χ1n) is 3.63. The van der Waals surface area contributed by atoms with Gasteiger partial charge in [0.25, 0.3) is 0 Å². The third-order valence-electron chi connectivity index (χ3n) is 1.82. The van der Waals surface area contributed by atoms with Gasteiger partial charge in [-0.25, -0.2) is 4.39 Å². The van der Waals surface area contributed by atoms with Gasteiger partial charge in [-0.15, -0.1) is 11.3 Å². The summed E-state index contributed by atoms with van der Waals surface area (Å²) in [4.78, 5) is 0. The van der Waals surface area contributed by atoms with Gasteiger partial charge in [-0.1, -0.05) is 27.5 Å². The molecule has 0 bridgehead atoms. The van der Waals surface area contributed by atoms with Gasteiger partial charge < -0.3 is 0 Å². The molecule has 0 spiro atoms. The Labute approximate surface area is 92.5 Å². The van der Waals surface area contributed by atoms with Crippen LogP contribution in [-0.2, 0) is 5.33 Å². The van der Waals surface area contributed by atoms with Crippen LogP contribution in [0.2, 0.25) is 5.02 Å². The number of rotatable bonds is 1. The number of hydrogen-bond donors (Lipinski definition) is 0. The fraction of sp³-hybridized carbons (Fsp3) is 0.111. The Kier molecular flexibility index (Phi) is 2.58. The number of fused-ring (bicyclic) bond motifs is 1. The topological polar surface area (TPSA) is 0 Å². The molecule has 0 saturated heterocycles.